The number of methoxy groups -OCH3 is 1. The first kappa shape index (κ1) is 21.8. The van der Waals surface area contributed by atoms with E-state index >= 15 is 0 Å². The van der Waals surface area contributed by atoms with Crippen LogP contribution in [-0.4, -0.2) is 18.2 Å². The first-order valence-electron chi connectivity index (χ1n) is 9.18. The van der Waals surface area contributed by atoms with Gasteiger partial charge >= 0.3 is 5.97 Å². The fraction of sp³-hybridized carbons (Fsp3) is 0.435. The molecule has 0 spiro atoms. The van der Waals surface area contributed by atoms with Crippen LogP contribution in [0.3, 0.4) is 0 Å². The fourth-order valence-corrected chi connectivity index (χ4v) is 2.62. The lowest BCUT2D eigenvalue weighted by molar-refractivity contribution is 0.0597. The predicted molar refractivity (Wildman–Crippen MR) is 109 cm³/mol. The van der Waals surface area contributed by atoms with E-state index in [0.29, 0.717) is 0 Å². The lowest BCUT2D eigenvalue weighted by Crippen LogP contribution is -2.01. The molecule has 0 saturated carbocycles. The Labute approximate surface area is 158 Å². The van der Waals surface area contributed by atoms with Crippen LogP contribution in [0.2, 0.25) is 0 Å². The number of ether oxygens (including phenoxy) is 1. The summed E-state index contributed by atoms with van der Waals surface area (Å²) in [6.45, 7) is 8.60. The second kappa shape index (κ2) is 11.3. The Morgan fingerprint density at radius 1 is 1.00 bits per heavy atom. The number of benzene rings is 1. The lowest BCUT2D eigenvalue weighted by Gasteiger charge is -2.05. The average molecular weight is 357 g/mol. The Bertz CT molecular complexity index is 689. The van der Waals surface area contributed by atoms with Gasteiger partial charge in [0.2, 0.25) is 0 Å². The van der Waals surface area contributed by atoms with Crippen LogP contribution >= 0.6 is 0 Å². The van der Waals surface area contributed by atoms with Gasteiger partial charge in [0.25, 0.3) is 0 Å². The summed E-state index contributed by atoms with van der Waals surface area (Å²) in [4.78, 5) is 11.5. The molecule has 0 saturated heterocycles. The molecule has 0 aliphatic carbocycles. The van der Waals surface area contributed by atoms with Gasteiger partial charge in [-0.05, 0) is 77.5 Å². The van der Waals surface area contributed by atoms with Gasteiger partial charge in [-0.25, -0.2) is 4.79 Å². The Balaban J connectivity index is 2.50. The fourth-order valence-electron chi connectivity index (χ4n) is 2.62. The Morgan fingerprint density at radius 2 is 1.62 bits per heavy atom. The van der Waals surface area contributed by atoms with Crippen molar-refractivity contribution in [2.45, 2.75) is 59.8 Å². The van der Waals surface area contributed by atoms with Crippen LogP contribution in [0.5, 0.6) is 5.75 Å². The molecule has 0 atom stereocenters. The van der Waals surface area contributed by atoms with Crippen molar-refractivity contribution in [3.05, 3.63) is 64.3 Å². The van der Waals surface area contributed by atoms with Gasteiger partial charge < -0.3 is 9.84 Å². The summed E-state index contributed by atoms with van der Waals surface area (Å²) >= 11 is 0. The SMILES string of the molecule is COC(=O)c1ccc(CC=C(C)CCC=C(C)CCC=C(C)C)cc1O. The Hall–Kier alpha value is -2.29. The van der Waals surface area contributed by atoms with Crippen LogP contribution in [0.15, 0.2) is 53.1 Å². The van der Waals surface area contributed by atoms with Crippen molar-refractivity contribution in [1.29, 1.82) is 0 Å². The minimum absolute atomic E-state index is 0.0321. The van der Waals surface area contributed by atoms with Gasteiger partial charge in [-0.2, -0.15) is 0 Å². The Morgan fingerprint density at radius 3 is 2.19 bits per heavy atom. The van der Waals surface area contributed by atoms with E-state index in [1.165, 1.54) is 23.8 Å². The molecule has 0 aliphatic rings. The molecule has 1 aromatic carbocycles. The van der Waals surface area contributed by atoms with Crippen molar-refractivity contribution in [2.75, 3.05) is 7.11 Å². The minimum Gasteiger partial charge on any atom is -0.507 e. The highest BCUT2D eigenvalue weighted by Crippen LogP contribution is 2.21. The summed E-state index contributed by atoms with van der Waals surface area (Å²) < 4.78 is 4.64. The predicted octanol–water partition coefficient (Wildman–Crippen LogP) is 6.14. The van der Waals surface area contributed by atoms with Crippen LogP contribution in [0.1, 0.15) is 69.3 Å². The molecule has 142 valence electrons. The number of phenolic OH excluding ortho intramolecular Hbond substituents is 1. The summed E-state index contributed by atoms with van der Waals surface area (Å²) in [5.41, 5.74) is 5.32. The number of carbonyl (C=O) groups is 1. The van der Waals surface area contributed by atoms with Crippen molar-refractivity contribution < 1.29 is 14.6 Å². The molecule has 0 radical (unpaired) electrons. The molecule has 3 nitrogen and oxygen atoms in total. The van der Waals surface area contributed by atoms with E-state index in [1.54, 1.807) is 12.1 Å². The zero-order valence-corrected chi connectivity index (χ0v) is 16.8. The second-order valence-corrected chi connectivity index (χ2v) is 7.01. The summed E-state index contributed by atoms with van der Waals surface area (Å²) in [5.74, 6) is -0.553. The third-order valence-corrected chi connectivity index (χ3v) is 4.28. The molecule has 1 N–H and O–H groups in total. The zero-order valence-electron chi connectivity index (χ0n) is 16.8. The van der Waals surface area contributed by atoms with Crippen molar-refractivity contribution in [2.24, 2.45) is 0 Å². The first-order chi connectivity index (χ1) is 12.3. The Kier molecular flexibility index (Phi) is 9.50. The van der Waals surface area contributed by atoms with Crippen LogP contribution in [0.25, 0.3) is 0 Å². The molecule has 0 bridgehead atoms. The van der Waals surface area contributed by atoms with Crippen molar-refractivity contribution >= 4 is 5.97 Å². The van der Waals surface area contributed by atoms with Gasteiger partial charge in [0, 0.05) is 0 Å². The third-order valence-electron chi connectivity index (χ3n) is 4.28. The van der Waals surface area contributed by atoms with E-state index in [-0.39, 0.29) is 11.3 Å². The van der Waals surface area contributed by atoms with Crippen LogP contribution in [-0.2, 0) is 11.2 Å². The highest BCUT2D eigenvalue weighted by Gasteiger charge is 2.11. The maximum Gasteiger partial charge on any atom is 0.341 e. The van der Waals surface area contributed by atoms with E-state index in [1.807, 2.05) is 6.07 Å². The van der Waals surface area contributed by atoms with Crippen LogP contribution in [0.4, 0.5) is 0 Å². The quantitative estimate of drug-likeness (QED) is 0.427. The molecule has 0 fully saturated rings. The largest absolute Gasteiger partial charge is 0.507 e. The maximum absolute atomic E-state index is 11.5. The number of allylic oxidation sites excluding steroid dienone is 6. The van der Waals surface area contributed by atoms with Gasteiger partial charge in [0.05, 0.1) is 7.11 Å². The molecule has 1 aromatic rings. The topological polar surface area (TPSA) is 46.5 Å². The number of aromatic hydroxyl groups is 1. The van der Waals surface area contributed by atoms with Crippen LogP contribution < -0.4 is 0 Å². The number of carbonyl (C=O) groups excluding carboxylic acids is 1. The number of hydrogen-bond donors (Lipinski definition) is 1. The van der Waals surface area contributed by atoms with E-state index in [2.05, 4.69) is 50.7 Å². The van der Waals surface area contributed by atoms with Gasteiger partial charge in [-0.15, -0.1) is 0 Å². The van der Waals surface area contributed by atoms with Crippen molar-refractivity contribution in [3.63, 3.8) is 0 Å². The normalized spacial score (nSPS) is 12.0. The van der Waals surface area contributed by atoms with Crippen LogP contribution in [0, 0.1) is 0 Å². The maximum atomic E-state index is 11.5. The van der Waals surface area contributed by atoms with E-state index in [9.17, 15) is 9.90 Å². The summed E-state index contributed by atoms with van der Waals surface area (Å²) in [7, 11) is 1.31. The summed E-state index contributed by atoms with van der Waals surface area (Å²) in [5, 5.41) is 9.93. The van der Waals surface area contributed by atoms with Gasteiger partial charge in [0.15, 0.2) is 0 Å². The molecule has 0 aromatic heterocycles. The second-order valence-electron chi connectivity index (χ2n) is 7.01. The first-order valence-corrected chi connectivity index (χ1v) is 9.18. The standard InChI is InChI=1S/C23H32O3/c1-17(2)8-6-9-18(3)10-7-11-19(4)12-13-20-14-15-21(22(24)16-20)23(25)26-5/h8,10,12,14-16,24H,6-7,9,11,13H2,1-5H3. The number of hydrogen-bond acceptors (Lipinski definition) is 3. The number of phenols is 1. The van der Waals surface area contributed by atoms with Gasteiger partial charge in [-0.1, -0.05) is 41.0 Å². The van der Waals surface area contributed by atoms with E-state index in [4.69, 9.17) is 0 Å². The molecule has 3 heteroatoms. The highest BCUT2D eigenvalue weighted by molar-refractivity contribution is 5.92. The summed E-state index contributed by atoms with van der Waals surface area (Å²) in [6, 6.07) is 5.09. The molecule has 0 aliphatic heterocycles. The highest BCUT2D eigenvalue weighted by atomic mass is 16.5. The smallest absolute Gasteiger partial charge is 0.341 e. The minimum atomic E-state index is -0.521. The van der Waals surface area contributed by atoms with E-state index in [0.717, 1.165) is 37.7 Å². The third kappa shape index (κ3) is 8.19. The molecule has 0 unspecified atom stereocenters. The molecular weight excluding hydrogens is 324 g/mol. The number of rotatable bonds is 9. The summed E-state index contributed by atoms with van der Waals surface area (Å²) in [6.07, 6.45) is 11.9. The van der Waals surface area contributed by atoms with Gasteiger partial charge in [0.1, 0.15) is 11.3 Å². The molecular formula is C23H32O3. The average Bonchev–Trinajstić information content (AvgIpc) is 2.59. The monoisotopic (exact) mass is 356 g/mol. The van der Waals surface area contributed by atoms with E-state index < -0.39 is 5.97 Å². The molecule has 1 rings (SSSR count). The molecule has 26 heavy (non-hydrogen) atoms. The number of esters is 1. The molecule has 0 amide bonds. The van der Waals surface area contributed by atoms with Crippen molar-refractivity contribution in [3.8, 4) is 5.75 Å². The zero-order chi connectivity index (χ0) is 19.5. The van der Waals surface area contributed by atoms with Gasteiger partial charge in [-0.3, -0.25) is 0 Å². The molecule has 0 heterocycles. The lowest BCUT2D eigenvalue weighted by atomic mass is 10.0. The van der Waals surface area contributed by atoms with Crippen molar-refractivity contribution in [1.82, 2.24) is 0 Å².